The van der Waals surface area contributed by atoms with E-state index in [1.54, 1.807) is 6.20 Å². The summed E-state index contributed by atoms with van der Waals surface area (Å²) >= 11 is 0. The highest BCUT2D eigenvalue weighted by molar-refractivity contribution is 5.47. The van der Waals surface area contributed by atoms with Gasteiger partial charge in [0.25, 0.3) is 0 Å². The Kier molecular flexibility index (Phi) is 2.72. The van der Waals surface area contributed by atoms with Crippen LogP contribution < -0.4 is 4.90 Å². The molecule has 0 aliphatic heterocycles. The molecule has 1 heterocycles. The van der Waals surface area contributed by atoms with Crippen LogP contribution in [0.25, 0.3) is 0 Å². The first-order chi connectivity index (χ1) is 7.25. The Morgan fingerprint density at radius 3 is 2.80 bits per heavy atom. The van der Waals surface area contributed by atoms with Crippen molar-refractivity contribution in [2.75, 3.05) is 19.0 Å². The third-order valence-electron chi connectivity index (χ3n) is 2.30. The van der Waals surface area contributed by atoms with Crippen LogP contribution in [0.5, 0.6) is 0 Å². The number of rotatable bonds is 3. The Morgan fingerprint density at radius 1 is 1.27 bits per heavy atom. The molecule has 0 spiro atoms. The summed E-state index contributed by atoms with van der Waals surface area (Å²) in [6, 6.07) is 10.3. The van der Waals surface area contributed by atoms with Gasteiger partial charge in [0.15, 0.2) is 0 Å². The van der Waals surface area contributed by atoms with Gasteiger partial charge in [-0.1, -0.05) is 17.3 Å². The van der Waals surface area contributed by atoms with Crippen molar-refractivity contribution < 1.29 is 4.52 Å². The molecule has 0 saturated heterocycles. The highest BCUT2D eigenvalue weighted by atomic mass is 16.5. The predicted octanol–water partition coefficient (Wildman–Crippen LogP) is 2.33. The molecule has 0 saturated carbocycles. The van der Waals surface area contributed by atoms with E-state index in [2.05, 4.69) is 34.3 Å². The number of hydrogen-bond acceptors (Lipinski definition) is 3. The number of aromatic nitrogens is 1. The minimum atomic E-state index is 0.793. The van der Waals surface area contributed by atoms with E-state index in [-0.39, 0.29) is 0 Å². The molecular weight excluding hydrogens is 188 g/mol. The van der Waals surface area contributed by atoms with Crippen LogP contribution in [0.3, 0.4) is 0 Å². The Labute approximate surface area is 89.3 Å². The van der Waals surface area contributed by atoms with E-state index < -0.39 is 0 Å². The first-order valence-electron chi connectivity index (χ1n) is 4.91. The molecule has 0 amide bonds. The summed E-state index contributed by atoms with van der Waals surface area (Å²) in [4.78, 5) is 2.09. The van der Waals surface area contributed by atoms with Crippen LogP contribution in [-0.4, -0.2) is 19.3 Å². The van der Waals surface area contributed by atoms with Crippen LogP contribution in [0.1, 0.15) is 11.3 Å². The summed E-state index contributed by atoms with van der Waals surface area (Å²) in [5.41, 5.74) is 2.44. The zero-order valence-electron chi connectivity index (χ0n) is 8.97. The van der Waals surface area contributed by atoms with Gasteiger partial charge in [-0.25, -0.2) is 0 Å². The smallest absolute Gasteiger partial charge is 0.141 e. The average Bonchev–Trinajstić information content (AvgIpc) is 2.71. The largest absolute Gasteiger partial charge is 0.378 e. The SMILES string of the molecule is CN(C)c1cccc(Cc2ccno2)c1. The summed E-state index contributed by atoms with van der Waals surface area (Å²) in [6.45, 7) is 0. The molecule has 15 heavy (non-hydrogen) atoms. The summed E-state index contributed by atoms with van der Waals surface area (Å²) in [5.74, 6) is 0.894. The molecule has 3 nitrogen and oxygen atoms in total. The lowest BCUT2D eigenvalue weighted by Crippen LogP contribution is -2.08. The highest BCUT2D eigenvalue weighted by Gasteiger charge is 2.01. The zero-order valence-corrected chi connectivity index (χ0v) is 8.97. The van der Waals surface area contributed by atoms with Gasteiger partial charge in [-0.15, -0.1) is 0 Å². The van der Waals surface area contributed by atoms with Crippen LogP contribution in [-0.2, 0) is 6.42 Å². The van der Waals surface area contributed by atoms with Crippen molar-refractivity contribution in [3.8, 4) is 0 Å². The molecule has 0 atom stereocenters. The molecule has 78 valence electrons. The number of anilines is 1. The summed E-state index contributed by atoms with van der Waals surface area (Å²) < 4.78 is 5.07. The second-order valence-electron chi connectivity index (χ2n) is 3.72. The molecule has 0 radical (unpaired) electrons. The molecule has 0 aliphatic rings. The van der Waals surface area contributed by atoms with Gasteiger partial charge in [-0.3, -0.25) is 0 Å². The molecule has 0 fully saturated rings. The topological polar surface area (TPSA) is 29.3 Å². The van der Waals surface area contributed by atoms with Crippen molar-refractivity contribution in [3.05, 3.63) is 47.9 Å². The second kappa shape index (κ2) is 4.17. The Hall–Kier alpha value is -1.77. The van der Waals surface area contributed by atoms with Crippen LogP contribution in [0.15, 0.2) is 41.1 Å². The average molecular weight is 202 g/mol. The maximum Gasteiger partial charge on any atom is 0.141 e. The fourth-order valence-electron chi connectivity index (χ4n) is 1.48. The minimum Gasteiger partial charge on any atom is -0.378 e. The first kappa shape index (κ1) is 9.77. The lowest BCUT2D eigenvalue weighted by atomic mass is 10.1. The lowest BCUT2D eigenvalue weighted by Gasteiger charge is -2.12. The van der Waals surface area contributed by atoms with Crippen molar-refractivity contribution in [3.63, 3.8) is 0 Å². The first-order valence-corrected chi connectivity index (χ1v) is 4.91. The number of nitrogens with zero attached hydrogens (tertiary/aromatic N) is 2. The summed E-state index contributed by atoms with van der Waals surface area (Å²) in [7, 11) is 4.07. The molecule has 1 aromatic carbocycles. The molecule has 0 bridgehead atoms. The molecule has 1 aromatic heterocycles. The molecule has 0 aliphatic carbocycles. The number of benzene rings is 1. The van der Waals surface area contributed by atoms with Crippen molar-refractivity contribution in [1.82, 2.24) is 5.16 Å². The Balaban J connectivity index is 2.18. The van der Waals surface area contributed by atoms with Crippen LogP contribution in [0.2, 0.25) is 0 Å². The van der Waals surface area contributed by atoms with E-state index in [9.17, 15) is 0 Å². The summed E-state index contributed by atoms with van der Waals surface area (Å²) in [5, 5.41) is 3.69. The maximum atomic E-state index is 5.07. The number of hydrogen-bond donors (Lipinski definition) is 0. The standard InChI is InChI=1S/C12H14N2O/c1-14(2)11-5-3-4-10(8-11)9-12-6-7-13-15-12/h3-8H,9H2,1-2H3. The monoisotopic (exact) mass is 202 g/mol. The third-order valence-corrected chi connectivity index (χ3v) is 2.30. The van der Waals surface area contributed by atoms with Crippen molar-refractivity contribution in [2.24, 2.45) is 0 Å². The van der Waals surface area contributed by atoms with Gasteiger partial charge in [-0.05, 0) is 17.7 Å². The van der Waals surface area contributed by atoms with Gasteiger partial charge in [-0.2, -0.15) is 0 Å². The van der Waals surface area contributed by atoms with Crippen molar-refractivity contribution >= 4 is 5.69 Å². The van der Waals surface area contributed by atoms with E-state index in [1.165, 1.54) is 11.3 Å². The van der Waals surface area contributed by atoms with Gasteiger partial charge >= 0.3 is 0 Å². The molecule has 0 unspecified atom stereocenters. The fourth-order valence-corrected chi connectivity index (χ4v) is 1.48. The van der Waals surface area contributed by atoms with Gasteiger partial charge in [0.1, 0.15) is 5.76 Å². The van der Waals surface area contributed by atoms with Gasteiger partial charge in [0, 0.05) is 32.3 Å². The minimum absolute atomic E-state index is 0.793. The van der Waals surface area contributed by atoms with Crippen LogP contribution >= 0.6 is 0 Å². The molecular formula is C12H14N2O. The Bertz CT molecular complexity index is 421. The van der Waals surface area contributed by atoms with E-state index in [1.807, 2.05) is 20.2 Å². The molecule has 2 aromatic rings. The molecule has 0 N–H and O–H groups in total. The fraction of sp³-hybridized carbons (Fsp3) is 0.250. The van der Waals surface area contributed by atoms with Crippen molar-refractivity contribution in [2.45, 2.75) is 6.42 Å². The van der Waals surface area contributed by atoms with E-state index in [4.69, 9.17) is 4.52 Å². The summed E-state index contributed by atoms with van der Waals surface area (Å²) in [6.07, 6.45) is 2.47. The van der Waals surface area contributed by atoms with E-state index >= 15 is 0 Å². The predicted molar refractivity (Wildman–Crippen MR) is 60.1 cm³/mol. The van der Waals surface area contributed by atoms with Gasteiger partial charge in [0.2, 0.25) is 0 Å². The van der Waals surface area contributed by atoms with Gasteiger partial charge in [0.05, 0.1) is 6.20 Å². The quantitative estimate of drug-likeness (QED) is 0.765. The van der Waals surface area contributed by atoms with E-state index in [0.29, 0.717) is 0 Å². The zero-order chi connectivity index (χ0) is 10.7. The van der Waals surface area contributed by atoms with Crippen LogP contribution in [0.4, 0.5) is 5.69 Å². The Morgan fingerprint density at radius 2 is 2.13 bits per heavy atom. The lowest BCUT2D eigenvalue weighted by molar-refractivity contribution is 0.389. The highest BCUT2D eigenvalue weighted by Crippen LogP contribution is 2.16. The van der Waals surface area contributed by atoms with Crippen LogP contribution in [0, 0.1) is 0 Å². The normalized spacial score (nSPS) is 10.3. The third kappa shape index (κ3) is 2.37. The maximum absolute atomic E-state index is 5.07. The molecule has 3 heteroatoms. The van der Waals surface area contributed by atoms with Crippen molar-refractivity contribution in [1.29, 1.82) is 0 Å². The van der Waals surface area contributed by atoms with E-state index in [0.717, 1.165) is 12.2 Å². The van der Waals surface area contributed by atoms with Gasteiger partial charge < -0.3 is 9.42 Å². The second-order valence-corrected chi connectivity index (χ2v) is 3.72. The molecule has 2 rings (SSSR count).